The largest absolute Gasteiger partial charge is 0.497 e. The molecule has 0 amide bonds. The second-order valence-electron chi connectivity index (χ2n) is 2.32. The van der Waals surface area contributed by atoms with E-state index < -0.39 is 0 Å². The number of hydrogen-bond acceptors (Lipinski definition) is 3. The van der Waals surface area contributed by atoms with Gasteiger partial charge in [-0.25, -0.2) is 0 Å². The standard InChI is InChI=1S/C9H13NOS/c1-10-8-5-4-7(11-2)6-9(8)12-3/h4-6,10H,1-3H3. The van der Waals surface area contributed by atoms with Crippen molar-refractivity contribution in [2.45, 2.75) is 4.90 Å². The number of rotatable bonds is 3. The van der Waals surface area contributed by atoms with Crippen molar-refractivity contribution in [1.82, 2.24) is 0 Å². The molecule has 66 valence electrons. The summed E-state index contributed by atoms with van der Waals surface area (Å²) >= 11 is 1.71. The molecule has 0 heterocycles. The zero-order valence-electron chi connectivity index (χ0n) is 7.55. The van der Waals surface area contributed by atoms with Crippen LogP contribution in [0, 0.1) is 0 Å². The predicted molar refractivity (Wildman–Crippen MR) is 54.3 cm³/mol. The monoisotopic (exact) mass is 183 g/mol. The van der Waals surface area contributed by atoms with Crippen LogP contribution in [0.3, 0.4) is 0 Å². The first-order chi connectivity index (χ1) is 5.81. The van der Waals surface area contributed by atoms with Crippen molar-refractivity contribution >= 4 is 17.4 Å². The fraction of sp³-hybridized carbons (Fsp3) is 0.333. The van der Waals surface area contributed by atoms with Gasteiger partial charge >= 0.3 is 0 Å². The van der Waals surface area contributed by atoms with Gasteiger partial charge in [-0.05, 0) is 24.5 Å². The molecule has 2 nitrogen and oxygen atoms in total. The minimum atomic E-state index is 0.901. The molecule has 3 heteroatoms. The lowest BCUT2D eigenvalue weighted by atomic mass is 10.3. The van der Waals surface area contributed by atoms with Crippen LogP contribution in [-0.2, 0) is 0 Å². The van der Waals surface area contributed by atoms with Gasteiger partial charge in [0.2, 0.25) is 0 Å². The van der Waals surface area contributed by atoms with Crippen LogP contribution in [0.25, 0.3) is 0 Å². The number of nitrogens with one attached hydrogen (secondary N) is 1. The van der Waals surface area contributed by atoms with Crippen molar-refractivity contribution in [3.8, 4) is 5.75 Å². The summed E-state index contributed by atoms with van der Waals surface area (Å²) in [5.74, 6) is 0.901. The van der Waals surface area contributed by atoms with Crippen molar-refractivity contribution in [3.05, 3.63) is 18.2 Å². The number of ether oxygens (including phenoxy) is 1. The molecule has 1 N–H and O–H groups in total. The quantitative estimate of drug-likeness (QED) is 0.727. The topological polar surface area (TPSA) is 21.3 Å². The molecule has 0 saturated carbocycles. The molecule has 0 aliphatic carbocycles. The summed E-state index contributed by atoms with van der Waals surface area (Å²) in [7, 11) is 3.60. The molecule has 0 radical (unpaired) electrons. The zero-order valence-corrected chi connectivity index (χ0v) is 8.37. The number of thioether (sulfide) groups is 1. The third-order valence-electron chi connectivity index (χ3n) is 1.68. The molecule has 0 aliphatic heterocycles. The molecule has 12 heavy (non-hydrogen) atoms. The molecule has 0 aromatic heterocycles. The van der Waals surface area contributed by atoms with E-state index in [2.05, 4.69) is 11.6 Å². The van der Waals surface area contributed by atoms with Gasteiger partial charge in [0.25, 0.3) is 0 Å². The van der Waals surface area contributed by atoms with E-state index in [0.717, 1.165) is 11.4 Å². The maximum Gasteiger partial charge on any atom is 0.120 e. The summed E-state index contributed by atoms with van der Waals surface area (Å²) < 4.78 is 5.12. The molecule has 1 rings (SSSR count). The van der Waals surface area contributed by atoms with E-state index in [0.29, 0.717) is 0 Å². The van der Waals surface area contributed by atoms with Crippen LogP contribution >= 0.6 is 11.8 Å². The van der Waals surface area contributed by atoms with Crippen molar-refractivity contribution in [1.29, 1.82) is 0 Å². The molecule has 0 saturated heterocycles. The van der Waals surface area contributed by atoms with Crippen LogP contribution in [0.2, 0.25) is 0 Å². The van der Waals surface area contributed by atoms with Crippen LogP contribution < -0.4 is 10.1 Å². The highest BCUT2D eigenvalue weighted by Gasteiger charge is 2.00. The van der Waals surface area contributed by atoms with Crippen LogP contribution in [0.5, 0.6) is 5.75 Å². The Bertz CT molecular complexity index is 263. The van der Waals surface area contributed by atoms with E-state index in [1.54, 1.807) is 18.9 Å². The van der Waals surface area contributed by atoms with Crippen molar-refractivity contribution in [2.75, 3.05) is 25.7 Å². The molecule has 0 atom stereocenters. The maximum absolute atomic E-state index is 5.12. The molecule has 0 fully saturated rings. The van der Waals surface area contributed by atoms with Gasteiger partial charge in [-0.3, -0.25) is 0 Å². The third-order valence-corrected chi connectivity index (χ3v) is 2.46. The van der Waals surface area contributed by atoms with E-state index in [9.17, 15) is 0 Å². The summed E-state index contributed by atoms with van der Waals surface area (Å²) in [4.78, 5) is 1.21. The molecular formula is C9H13NOS. The Morgan fingerprint density at radius 3 is 2.67 bits per heavy atom. The first-order valence-corrected chi connectivity index (χ1v) is 4.94. The van der Waals surface area contributed by atoms with Gasteiger partial charge in [-0.15, -0.1) is 11.8 Å². The van der Waals surface area contributed by atoms with E-state index in [1.165, 1.54) is 4.90 Å². The highest BCUT2D eigenvalue weighted by atomic mass is 32.2. The first-order valence-electron chi connectivity index (χ1n) is 3.71. The Hall–Kier alpha value is -0.830. The van der Waals surface area contributed by atoms with Crippen molar-refractivity contribution in [3.63, 3.8) is 0 Å². The molecule has 0 spiro atoms. The summed E-state index contributed by atoms with van der Waals surface area (Å²) in [6, 6.07) is 5.99. The molecule has 0 unspecified atom stereocenters. The summed E-state index contributed by atoms with van der Waals surface area (Å²) in [5, 5.41) is 3.12. The lowest BCUT2D eigenvalue weighted by Crippen LogP contribution is -1.91. The van der Waals surface area contributed by atoms with Gasteiger partial charge in [0.1, 0.15) is 5.75 Å². The van der Waals surface area contributed by atoms with Crippen LogP contribution in [0.1, 0.15) is 0 Å². The number of anilines is 1. The van der Waals surface area contributed by atoms with Gasteiger partial charge in [0.15, 0.2) is 0 Å². The van der Waals surface area contributed by atoms with Gasteiger partial charge in [0, 0.05) is 17.6 Å². The molecule has 0 aliphatic rings. The minimum Gasteiger partial charge on any atom is -0.497 e. The lowest BCUT2D eigenvalue weighted by Gasteiger charge is -2.08. The predicted octanol–water partition coefficient (Wildman–Crippen LogP) is 2.46. The highest BCUT2D eigenvalue weighted by molar-refractivity contribution is 7.98. The van der Waals surface area contributed by atoms with E-state index in [4.69, 9.17) is 4.74 Å². The van der Waals surface area contributed by atoms with Gasteiger partial charge in [-0.1, -0.05) is 0 Å². The lowest BCUT2D eigenvalue weighted by molar-refractivity contribution is 0.414. The molecular weight excluding hydrogens is 170 g/mol. The third kappa shape index (κ3) is 1.85. The highest BCUT2D eigenvalue weighted by Crippen LogP contribution is 2.28. The maximum atomic E-state index is 5.12. The summed E-state index contributed by atoms with van der Waals surface area (Å²) in [6.45, 7) is 0. The fourth-order valence-electron chi connectivity index (χ4n) is 1.01. The zero-order chi connectivity index (χ0) is 8.97. The van der Waals surface area contributed by atoms with E-state index in [-0.39, 0.29) is 0 Å². The van der Waals surface area contributed by atoms with Crippen molar-refractivity contribution in [2.24, 2.45) is 0 Å². The van der Waals surface area contributed by atoms with Gasteiger partial charge in [-0.2, -0.15) is 0 Å². The Morgan fingerprint density at radius 2 is 2.17 bits per heavy atom. The number of hydrogen-bond donors (Lipinski definition) is 1. The second kappa shape index (κ2) is 4.26. The normalized spacial score (nSPS) is 9.58. The van der Waals surface area contributed by atoms with Crippen LogP contribution in [0.4, 0.5) is 5.69 Å². The Balaban J connectivity index is 3.02. The van der Waals surface area contributed by atoms with Gasteiger partial charge < -0.3 is 10.1 Å². The Labute approximate surface area is 77.3 Å². The average molecular weight is 183 g/mol. The van der Waals surface area contributed by atoms with Gasteiger partial charge in [0.05, 0.1) is 7.11 Å². The van der Waals surface area contributed by atoms with E-state index >= 15 is 0 Å². The molecule has 1 aromatic carbocycles. The first kappa shape index (κ1) is 9.26. The molecule has 1 aromatic rings. The summed E-state index contributed by atoms with van der Waals surface area (Å²) in [5.41, 5.74) is 1.14. The molecule has 0 bridgehead atoms. The van der Waals surface area contributed by atoms with E-state index in [1.807, 2.05) is 25.2 Å². The number of methoxy groups -OCH3 is 1. The minimum absolute atomic E-state index is 0.901. The van der Waals surface area contributed by atoms with Crippen LogP contribution in [0.15, 0.2) is 23.1 Å². The average Bonchev–Trinajstić information content (AvgIpc) is 2.16. The SMILES string of the molecule is CNc1ccc(OC)cc1SC. The Kier molecular flexibility index (Phi) is 3.29. The second-order valence-corrected chi connectivity index (χ2v) is 3.16. The smallest absolute Gasteiger partial charge is 0.120 e. The van der Waals surface area contributed by atoms with Crippen molar-refractivity contribution < 1.29 is 4.74 Å². The fourth-order valence-corrected chi connectivity index (χ4v) is 1.63. The Morgan fingerprint density at radius 1 is 1.42 bits per heavy atom. The number of benzene rings is 1. The summed E-state index contributed by atoms with van der Waals surface area (Å²) in [6.07, 6.45) is 2.05. The van der Waals surface area contributed by atoms with Crippen LogP contribution in [-0.4, -0.2) is 20.4 Å².